The van der Waals surface area contributed by atoms with Gasteiger partial charge in [0.1, 0.15) is 10.7 Å². The fourth-order valence-electron chi connectivity index (χ4n) is 1.90. The van der Waals surface area contributed by atoms with Crippen molar-refractivity contribution in [1.82, 2.24) is 9.62 Å². The number of rotatable bonds is 7. The molecule has 19 heavy (non-hydrogen) atoms. The monoisotopic (exact) mass is 288 g/mol. The Labute approximate surface area is 114 Å². The zero-order valence-corrected chi connectivity index (χ0v) is 12.4. The van der Waals surface area contributed by atoms with E-state index in [0.29, 0.717) is 26.1 Å². The second kappa shape index (κ2) is 6.98. The Hall–Kier alpha value is -0.980. The number of nitrogens with zero attached hydrogens (tertiary/aromatic N) is 1. The summed E-state index contributed by atoms with van der Waals surface area (Å²) in [5.41, 5.74) is 0.720. The van der Waals surface area contributed by atoms with Crippen LogP contribution >= 0.6 is 0 Å². The molecule has 1 aromatic carbocycles. The molecule has 0 aromatic heterocycles. The molecule has 0 atom stereocenters. The molecule has 6 heteroatoms. The van der Waals surface area contributed by atoms with Crippen LogP contribution in [0, 0.1) is 5.82 Å². The van der Waals surface area contributed by atoms with Crippen molar-refractivity contribution in [1.29, 1.82) is 0 Å². The van der Waals surface area contributed by atoms with Crippen LogP contribution in [0.4, 0.5) is 4.39 Å². The second-order valence-electron chi connectivity index (χ2n) is 4.29. The van der Waals surface area contributed by atoms with Gasteiger partial charge in [0, 0.05) is 19.6 Å². The van der Waals surface area contributed by atoms with E-state index in [1.807, 2.05) is 6.92 Å². The van der Waals surface area contributed by atoms with Gasteiger partial charge in [0.15, 0.2) is 0 Å². The first-order chi connectivity index (χ1) is 8.97. The van der Waals surface area contributed by atoms with Gasteiger partial charge in [0.25, 0.3) is 0 Å². The molecule has 0 aliphatic heterocycles. The molecule has 108 valence electrons. The van der Waals surface area contributed by atoms with Crippen LogP contribution in [-0.2, 0) is 16.6 Å². The Morgan fingerprint density at radius 2 is 2.00 bits per heavy atom. The molecule has 0 fully saturated rings. The second-order valence-corrected chi connectivity index (χ2v) is 6.20. The van der Waals surface area contributed by atoms with E-state index in [4.69, 9.17) is 0 Å². The third-order valence-corrected chi connectivity index (χ3v) is 4.83. The highest BCUT2D eigenvalue weighted by Crippen LogP contribution is 2.20. The van der Waals surface area contributed by atoms with Crippen LogP contribution in [0.15, 0.2) is 23.1 Å². The Morgan fingerprint density at radius 3 is 2.47 bits per heavy atom. The lowest BCUT2D eigenvalue weighted by Gasteiger charge is -2.20. The maximum absolute atomic E-state index is 14.0. The first-order valence-electron chi connectivity index (χ1n) is 6.40. The highest BCUT2D eigenvalue weighted by molar-refractivity contribution is 7.89. The smallest absolute Gasteiger partial charge is 0.245 e. The van der Waals surface area contributed by atoms with Crippen LogP contribution in [0.2, 0.25) is 0 Å². The van der Waals surface area contributed by atoms with E-state index in [-0.39, 0.29) is 4.90 Å². The number of sulfonamides is 1. The largest absolute Gasteiger partial charge is 0.316 e. The molecule has 0 radical (unpaired) electrons. The number of halogens is 1. The van der Waals surface area contributed by atoms with Crippen LogP contribution in [0.3, 0.4) is 0 Å². The molecule has 0 unspecified atom stereocenters. The maximum atomic E-state index is 14.0. The third kappa shape index (κ3) is 3.75. The molecule has 0 saturated heterocycles. The molecular weight excluding hydrogens is 267 g/mol. The molecule has 1 rings (SSSR count). The van der Waals surface area contributed by atoms with Gasteiger partial charge in [-0.1, -0.05) is 19.9 Å². The van der Waals surface area contributed by atoms with E-state index < -0.39 is 15.8 Å². The average Bonchev–Trinajstić information content (AvgIpc) is 2.35. The van der Waals surface area contributed by atoms with E-state index in [0.717, 1.165) is 5.56 Å². The molecule has 1 aromatic rings. The minimum absolute atomic E-state index is 0.248. The first-order valence-corrected chi connectivity index (χ1v) is 7.84. The van der Waals surface area contributed by atoms with Gasteiger partial charge < -0.3 is 5.32 Å². The van der Waals surface area contributed by atoms with Gasteiger partial charge in [0.2, 0.25) is 10.0 Å². The normalized spacial score (nSPS) is 12.1. The molecule has 0 bridgehead atoms. The lowest BCUT2D eigenvalue weighted by molar-refractivity contribution is 0.423. The standard InChI is InChI=1S/C13H21FN2O2S/c1-4-8-16(5-2)19(17,18)13-7-6-11(10-15-3)9-12(13)14/h6-7,9,15H,4-5,8,10H2,1-3H3. The predicted octanol–water partition coefficient (Wildman–Crippen LogP) is 1.97. The number of nitrogens with one attached hydrogen (secondary N) is 1. The summed E-state index contributed by atoms with van der Waals surface area (Å²) in [5, 5.41) is 2.90. The van der Waals surface area contributed by atoms with Crippen LogP contribution in [0.5, 0.6) is 0 Å². The first kappa shape index (κ1) is 16.1. The summed E-state index contributed by atoms with van der Waals surface area (Å²) in [6.07, 6.45) is 0.701. The quantitative estimate of drug-likeness (QED) is 0.834. The van der Waals surface area contributed by atoms with Crippen molar-refractivity contribution in [3.05, 3.63) is 29.6 Å². The van der Waals surface area contributed by atoms with Crippen LogP contribution in [0.25, 0.3) is 0 Å². The van der Waals surface area contributed by atoms with Gasteiger partial charge in [-0.25, -0.2) is 12.8 Å². The van der Waals surface area contributed by atoms with Crippen molar-refractivity contribution < 1.29 is 12.8 Å². The van der Waals surface area contributed by atoms with E-state index in [1.165, 1.54) is 16.4 Å². The van der Waals surface area contributed by atoms with Gasteiger partial charge in [-0.3, -0.25) is 0 Å². The minimum atomic E-state index is -3.74. The van der Waals surface area contributed by atoms with Crippen LogP contribution in [-0.4, -0.2) is 32.9 Å². The average molecular weight is 288 g/mol. The van der Waals surface area contributed by atoms with Gasteiger partial charge >= 0.3 is 0 Å². The van der Waals surface area contributed by atoms with Gasteiger partial charge in [-0.2, -0.15) is 4.31 Å². The summed E-state index contributed by atoms with van der Waals surface area (Å²) in [6, 6.07) is 4.24. The topological polar surface area (TPSA) is 49.4 Å². The number of hydrogen-bond donors (Lipinski definition) is 1. The molecule has 0 spiro atoms. The minimum Gasteiger partial charge on any atom is -0.316 e. The summed E-state index contributed by atoms with van der Waals surface area (Å²) in [5.74, 6) is -0.692. The zero-order valence-electron chi connectivity index (χ0n) is 11.6. The highest BCUT2D eigenvalue weighted by Gasteiger charge is 2.25. The lowest BCUT2D eigenvalue weighted by atomic mass is 10.2. The number of hydrogen-bond acceptors (Lipinski definition) is 3. The summed E-state index contributed by atoms with van der Waals surface area (Å²) < 4.78 is 39.9. The number of benzene rings is 1. The van der Waals surface area contributed by atoms with E-state index in [2.05, 4.69) is 5.32 Å². The van der Waals surface area contributed by atoms with Crippen molar-refractivity contribution in [3.8, 4) is 0 Å². The molecular formula is C13H21FN2O2S. The van der Waals surface area contributed by atoms with Crippen molar-refractivity contribution in [2.24, 2.45) is 0 Å². The van der Waals surface area contributed by atoms with E-state index in [1.54, 1.807) is 20.0 Å². The van der Waals surface area contributed by atoms with E-state index >= 15 is 0 Å². The molecule has 0 aliphatic rings. The Morgan fingerprint density at radius 1 is 1.32 bits per heavy atom. The zero-order chi connectivity index (χ0) is 14.5. The fourth-order valence-corrected chi connectivity index (χ4v) is 3.49. The van der Waals surface area contributed by atoms with Crippen LogP contribution < -0.4 is 5.32 Å². The predicted molar refractivity (Wildman–Crippen MR) is 73.9 cm³/mol. The Balaban J connectivity index is 3.14. The van der Waals surface area contributed by atoms with E-state index in [9.17, 15) is 12.8 Å². The molecule has 0 saturated carbocycles. The molecule has 1 N–H and O–H groups in total. The summed E-state index contributed by atoms with van der Waals surface area (Å²) in [7, 11) is -1.99. The fraction of sp³-hybridized carbons (Fsp3) is 0.538. The van der Waals surface area contributed by atoms with Crippen LogP contribution in [0.1, 0.15) is 25.8 Å². The molecule has 0 aliphatic carbocycles. The van der Waals surface area contributed by atoms with Gasteiger partial charge in [-0.15, -0.1) is 0 Å². The maximum Gasteiger partial charge on any atom is 0.245 e. The Bertz CT molecular complexity index is 517. The SMILES string of the molecule is CCCN(CC)S(=O)(=O)c1ccc(CNC)cc1F. The van der Waals surface area contributed by atoms with Gasteiger partial charge in [-0.05, 0) is 31.2 Å². The third-order valence-electron chi connectivity index (χ3n) is 2.82. The van der Waals surface area contributed by atoms with Crippen molar-refractivity contribution in [2.75, 3.05) is 20.1 Å². The van der Waals surface area contributed by atoms with Crippen molar-refractivity contribution >= 4 is 10.0 Å². The summed E-state index contributed by atoms with van der Waals surface area (Å²) >= 11 is 0. The summed E-state index contributed by atoms with van der Waals surface area (Å²) in [6.45, 7) is 4.89. The van der Waals surface area contributed by atoms with Crippen molar-refractivity contribution in [2.45, 2.75) is 31.7 Å². The molecule has 0 amide bonds. The Kier molecular flexibility index (Phi) is 5.90. The van der Waals surface area contributed by atoms with Gasteiger partial charge in [0.05, 0.1) is 0 Å². The highest BCUT2D eigenvalue weighted by atomic mass is 32.2. The summed E-state index contributed by atoms with van der Waals surface area (Å²) in [4.78, 5) is -0.248. The molecule has 0 heterocycles. The van der Waals surface area contributed by atoms with Crippen molar-refractivity contribution in [3.63, 3.8) is 0 Å². The molecule has 4 nitrogen and oxygen atoms in total. The lowest BCUT2D eigenvalue weighted by Crippen LogP contribution is -2.32.